The average molecular weight is 227 g/mol. The Morgan fingerprint density at radius 2 is 2.12 bits per heavy atom. The molecule has 84 valence electrons. The van der Waals surface area contributed by atoms with Gasteiger partial charge >= 0.3 is 5.69 Å². The highest BCUT2D eigenvalue weighted by Crippen LogP contribution is 2.19. The van der Waals surface area contributed by atoms with Gasteiger partial charge in [-0.05, 0) is 12.1 Å². The molecule has 0 amide bonds. The van der Waals surface area contributed by atoms with E-state index in [9.17, 15) is 4.79 Å². The summed E-state index contributed by atoms with van der Waals surface area (Å²) in [5.74, 6) is 0.413. The predicted molar refractivity (Wildman–Crippen MR) is 61.9 cm³/mol. The van der Waals surface area contributed by atoms with E-state index in [0.29, 0.717) is 5.82 Å². The minimum absolute atomic E-state index is 0.181. The molecule has 2 aromatic rings. The average Bonchev–Trinajstić information content (AvgIpc) is 2.38. The summed E-state index contributed by atoms with van der Waals surface area (Å²) < 4.78 is 0. The first-order valence-corrected chi connectivity index (χ1v) is 4.86. The number of hydrogen-bond acceptors (Lipinski definition) is 5. The second-order valence-corrected chi connectivity index (χ2v) is 3.33. The van der Waals surface area contributed by atoms with Gasteiger partial charge in [-0.3, -0.25) is 9.97 Å². The van der Waals surface area contributed by atoms with Crippen molar-refractivity contribution < 1.29 is 0 Å². The molecule has 17 heavy (non-hydrogen) atoms. The third-order valence-electron chi connectivity index (χ3n) is 2.25. The topological polar surface area (TPSA) is 85.7 Å². The number of aromatic nitrogens is 3. The molecule has 0 spiro atoms. The maximum Gasteiger partial charge on any atom is 0.347 e. The lowest BCUT2D eigenvalue weighted by atomic mass is 10.3. The van der Waals surface area contributed by atoms with Gasteiger partial charge in [0, 0.05) is 31.2 Å². The second kappa shape index (κ2) is 4.45. The minimum Gasteiger partial charge on any atom is -0.329 e. The molecule has 0 aromatic carbocycles. The number of pyridine rings is 1. The first kappa shape index (κ1) is 10.8. The molecule has 0 bridgehead atoms. The van der Waals surface area contributed by atoms with Crippen molar-refractivity contribution in [1.82, 2.24) is 15.0 Å². The van der Waals surface area contributed by atoms with Crippen molar-refractivity contribution in [2.24, 2.45) is 0 Å². The number of aromatic amines is 1. The maximum atomic E-state index is 11.2. The van der Waals surface area contributed by atoms with E-state index in [4.69, 9.17) is 5.26 Å². The van der Waals surface area contributed by atoms with E-state index in [1.54, 1.807) is 36.5 Å². The van der Waals surface area contributed by atoms with Crippen LogP contribution in [0.4, 0.5) is 11.5 Å². The fourth-order valence-electron chi connectivity index (χ4n) is 1.38. The van der Waals surface area contributed by atoms with E-state index in [-0.39, 0.29) is 5.69 Å². The van der Waals surface area contributed by atoms with Gasteiger partial charge in [0.1, 0.15) is 17.6 Å². The van der Waals surface area contributed by atoms with Crippen LogP contribution in [0, 0.1) is 11.3 Å². The summed E-state index contributed by atoms with van der Waals surface area (Å²) in [5.41, 5.74) is 0.475. The van der Waals surface area contributed by atoms with Crippen molar-refractivity contribution in [2.45, 2.75) is 0 Å². The van der Waals surface area contributed by atoms with Crippen LogP contribution < -0.4 is 10.6 Å². The zero-order valence-corrected chi connectivity index (χ0v) is 9.08. The Labute approximate surface area is 97.2 Å². The fraction of sp³-hybridized carbons (Fsp3) is 0.0909. The molecule has 0 saturated heterocycles. The van der Waals surface area contributed by atoms with Crippen molar-refractivity contribution in [3.63, 3.8) is 0 Å². The number of nitrogens with one attached hydrogen (secondary N) is 1. The predicted octanol–water partition coefficient (Wildman–Crippen LogP) is 0.804. The Bertz CT molecular complexity index is 614. The van der Waals surface area contributed by atoms with E-state index in [1.807, 2.05) is 6.07 Å². The van der Waals surface area contributed by atoms with Crippen molar-refractivity contribution in [3.05, 3.63) is 46.8 Å². The van der Waals surface area contributed by atoms with Crippen molar-refractivity contribution in [2.75, 3.05) is 11.9 Å². The quantitative estimate of drug-likeness (QED) is 0.820. The van der Waals surface area contributed by atoms with Gasteiger partial charge in [-0.2, -0.15) is 10.2 Å². The summed E-state index contributed by atoms with van der Waals surface area (Å²) in [4.78, 5) is 23.0. The summed E-state index contributed by atoms with van der Waals surface area (Å²) in [5, 5.41) is 8.76. The van der Waals surface area contributed by atoms with Crippen molar-refractivity contribution in [3.8, 4) is 6.07 Å². The van der Waals surface area contributed by atoms with Crippen LogP contribution in [0.1, 0.15) is 5.69 Å². The lowest BCUT2D eigenvalue weighted by Gasteiger charge is -2.17. The number of nitrogens with zero attached hydrogens (tertiary/aromatic N) is 4. The van der Waals surface area contributed by atoms with Gasteiger partial charge in [0.25, 0.3) is 0 Å². The molecular formula is C11H9N5O. The van der Waals surface area contributed by atoms with Crippen LogP contribution in [0.3, 0.4) is 0 Å². The number of nitriles is 1. The first-order valence-electron chi connectivity index (χ1n) is 4.86. The van der Waals surface area contributed by atoms with Crippen LogP contribution in [0.5, 0.6) is 0 Å². The van der Waals surface area contributed by atoms with Gasteiger partial charge < -0.3 is 4.90 Å². The van der Waals surface area contributed by atoms with Gasteiger partial charge in [-0.25, -0.2) is 4.79 Å². The van der Waals surface area contributed by atoms with E-state index >= 15 is 0 Å². The Morgan fingerprint density at radius 3 is 2.76 bits per heavy atom. The molecule has 2 heterocycles. The third kappa shape index (κ3) is 2.29. The highest BCUT2D eigenvalue weighted by atomic mass is 16.1. The fourth-order valence-corrected chi connectivity index (χ4v) is 1.38. The Hall–Kier alpha value is -2.68. The van der Waals surface area contributed by atoms with Crippen LogP contribution in [-0.4, -0.2) is 22.0 Å². The van der Waals surface area contributed by atoms with Crippen molar-refractivity contribution in [1.29, 1.82) is 5.26 Å². The SMILES string of the molecule is CN(c1ccncc1)c1cc(C#N)[nH]c(=O)n1. The summed E-state index contributed by atoms with van der Waals surface area (Å²) >= 11 is 0. The lowest BCUT2D eigenvalue weighted by Crippen LogP contribution is -2.19. The highest BCUT2D eigenvalue weighted by molar-refractivity contribution is 5.58. The molecule has 0 radical (unpaired) electrons. The monoisotopic (exact) mass is 227 g/mol. The second-order valence-electron chi connectivity index (χ2n) is 3.33. The summed E-state index contributed by atoms with van der Waals surface area (Å²) in [6.07, 6.45) is 3.29. The molecule has 0 unspecified atom stereocenters. The molecule has 0 aliphatic heterocycles. The molecule has 0 saturated carbocycles. The molecular weight excluding hydrogens is 218 g/mol. The molecule has 0 aliphatic rings. The molecule has 6 nitrogen and oxygen atoms in total. The Kier molecular flexibility index (Phi) is 2.83. The normalized spacial score (nSPS) is 9.65. The molecule has 6 heteroatoms. The Balaban J connectivity index is 2.45. The largest absolute Gasteiger partial charge is 0.347 e. The molecule has 0 aliphatic carbocycles. The zero-order chi connectivity index (χ0) is 12.3. The van der Waals surface area contributed by atoms with Crippen molar-refractivity contribution >= 4 is 11.5 Å². The van der Waals surface area contributed by atoms with Crippen LogP contribution in [0.15, 0.2) is 35.4 Å². The number of anilines is 2. The van der Waals surface area contributed by atoms with E-state index < -0.39 is 5.69 Å². The van der Waals surface area contributed by atoms with Gasteiger partial charge in [0.05, 0.1) is 0 Å². The zero-order valence-electron chi connectivity index (χ0n) is 9.08. The van der Waals surface area contributed by atoms with E-state index in [2.05, 4.69) is 15.0 Å². The molecule has 0 fully saturated rings. The summed E-state index contributed by atoms with van der Waals surface area (Å²) in [7, 11) is 1.76. The van der Waals surface area contributed by atoms with E-state index in [1.165, 1.54) is 6.07 Å². The van der Waals surface area contributed by atoms with Gasteiger partial charge in [0.2, 0.25) is 0 Å². The lowest BCUT2D eigenvalue weighted by molar-refractivity contribution is 1.01. The first-order chi connectivity index (χ1) is 8.20. The molecule has 2 rings (SSSR count). The van der Waals surface area contributed by atoms with Crippen LogP contribution in [0.2, 0.25) is 0 Å². The standard InChI is InChI=1S/C11H9N5O/c1-16(9-2-4-13-5-3-9)10-6-8(7-12)14-11(17)15-10/h2-6H,1H3,(H,14,15,17). The summed E-state index contributed by atoms with van der Waals surface area (Å²) in [6.45, 7) is 0. The van der Waals surface area contributed by atoms with Gasteiger partial charge in [0.15, 0.2) is 0 Å². The van der Waals surface area contributed by atoms with Crippen LogP contribution in [-0.2, 0) is 0 Å². The maximum absolute atomic E-state index is 11.2. The third-order valence-corrected chi connectivity index (χ3v) is 2.25. The van der Waals surface area contributed by atoms with Crippen LogP contribution >= 0.6 is 0 Å². The van der Waals surface area contributed by atoms with Gasteiger partial charge in [-0.1, -0.05) is 0 Å². The number of hydrogen-bond donors (Lipinski definition) is 1. The minimum atomic E-state index is -0.542. The summed E-state index contributed by atoms with van der Waals surface area (Å²) in [6, 6.07) is 6.97. The van der Waals surface area contributed by atoms with E-state index in [0.717, 1.165) is 5.69 Å². The molecule has 1 N–H and O–H groups in total. The Morgan fingerprint density at radius 1 is 1.41 bits per heavy atom. The molecule has 0 atom stereocenters. The van der Waals surface area contributed by atoms with Gasteiger partial charge in [-0.15, -0.1) is 0 Å². The molecule has 2 aromatic heterocycles. The number of rotatable bonds is 2. The smallest absolute Gasteiger partial charge is 0.329 e. The highest BCUT2D eigenvalue weighted by Gasteiger charge is 2.07. The van der Waals surface area contributed by atoms with Crippen LogP contribution in [0.25, 0.3) is 0 Å². The number of H-pyrrole nitrogens is 1.